The lowest BCUT2D eigenvalue weighted by atomic mass is 10.2. The number of hydrogen-bond acceptors (Lipinski definition) is 3. The molecule has 4 nitrogen and oxygen atoms in total. The van der Waals surface area contributed by atoms with Crippen LogP contribution in [0.1, 0.15) is 12.0 Å². The highest BCUT2D eigenvalue weighted by Gasteiger charge is 2.18. The summed E-state index contributed by atoms with van der Waals surface area (Å²) in [6, 6.07) is 9.71. The van der Waals surface area contributed by atoms with Crippen LogP contribution in [0.5, 0.6) is 0 Å². The number of benzene rings is 1. The highest BCUT2D eigenvalue weighted by molar-refractivity contribution is 5.67. The summed E-state index contributed by atoms with van der Waals surface area (Å²) in [4.78, 5) is 11.4. The minimum atomic E-state index is -0.376. The molecule has 1 atom stereocenters. The van der Waals surface area contributed by atoms with Crippen LogP contribution >= 0.6 is 0 Å². The standard InChI is InChI=1S/C12H15NO3/c14-12(13-11-6-7-15-9-11)16-8-10-4-2-1-3-5-10/h1-5,11H,6-9H2,(H,13,14)/t11-/m0/s1. The fraction of sp³-hybridized carbons (Fsp3) is 0.417. The van der Waals surface area contributed by atoms with Gasteiger partial charge in [-0.1, -0.05) is 30.3 Å². The topological polar surface area (TPSA) is 47.6 Å². The third kappa shape index (κ3) is 3.24. The van der Waals surface area contributed by atoms with Gasteiger partial charge in [0.05, 0.1) is 12.6 Å². The Kier molecular flexibility index (Phi) is 3.77. The number of hydrogen-bond donors (Lipinski definition) is 1. The van der Waals surface area contributed by atoms with Crippen LogP contribution in [0.25, 0.3) is 0 Å². The molecule has 1 aliphatic rings. The predicted octanol–water partition coefficient (Wildman–Crippen LogP) is 1.70. The van der Waals surface area contributed by atoms with E-state index in [9.17, 15) is 4.79 Å². The maximum absolute atomic E-state index is 11.4. The van der Waals surface area contributed by atoms with Crippen LogP contribution < -0.4 is 5.32 Å². The first-order valence-corrected chi connectivity index (χ1v) is 5.39. The fourth-order valence-corrected chi connectivity index (χ4v) is 1.58. The summed E-state index contributed by atoms with van der Waals surface area (Å²) >= 11 is 0. The molecule has 1 aromatic carbocycles. The van der Waals surface area contributed by atoms with Gasteiger partial charge in [-0.3, -0.25) is 0 Å². The summed E-state index contributed by atoms with van der Waals surface area (Å²) in [5.41, 5.74) is 0.986. The van der Waals surface area contributed by atoms with Crippen molar-refractivity contribution in [3.05, 3.63) is 35.9 Å². The third-order valence-corrected chi connectivity index (χ3v) is 2.46. The molecular weight excluding hydrogens is 206 g/mol. The lowest BCUT2D eigenvalue weighted by Crippen LogP contribution is -2.35. The van der Waals surface area contributed by atoms with Crippen molar-refractivity contribution in [3.8, 4) is 0 Å². The van der Waals surface area contributed by atoms with Gasteiger partial charge in [0.1, 0.15) is 6.61 Å². The number of carbonyl (C=O) groups is 1. The van der Waals surface area contributed by atoms with Gasteiger partial charge in [0.2, 0.25) is 0 Å². The van der Waals surface area contributed by atoms with Crippen molar-refractivity contribution in [1.82, 2.24) is 5.32 Å². The summed E-state index contributed by atoms with van der Waals surface area (Å²) in [6.07, 6.45) is 0.486. The van der Waals surface area contributed by atoms with Gasteiger partial charge in [-0.15, -0.1) is 0 Å². The van der Waals surface area contributed by atoms with E-state index in [2.05, 4.69) is 5.32 Å². The molecule has 1 heterocycles. The smallest absolute Gasteiger partial charge is 0.407 e. The van der Waals surface area contributed by atoms with Crippen molar-refractivity contribution in [1.29, 1.82) is 0 Å². The van der Waals surface area contributed by atoms with E-state index in [1.54, 1.807) is 0 Å². The molecule has 1 aliphatic heterocycles. The van der Waals surface area contributed by atoms with Crippen LogP contribution in [0.3, 0.4) is 0 Å². The number of carbonyl (C=O) groups excluding carboxylic acids is 1. The molecule has 1 aromatic rings. The number of ether oxygens (including phenoxy) is 2. The largest absolute Gasteiger partial charge is 0.445 e. The predicted molar refractivity (Wildman–Crippen MR) is 59.0 cm³/mol. The number of alkyl carbamates (subject to hydrolysis) is 1. The van der Waals surface area contributed by atoms with Gasteiger partial charge < -0.3 is 14.8 Å². The van der Waals surface area contributed by atoms with E-state index >= 15 is 0 Å². The molecule has 16 heavy (non-hydrogen) atoms. The zero-order valence-corrected chi connectivity index (χ0v) is 9.02. The third-order valence-electron chi connectivity index (χ3n) is 2.46. The number of amides is 1. The summed E-state index contributed by atoms with van der Waals surface area (Å²) in [5.74, 6) is 0. The van der Waals surface area contributed by atoms with Crippen LogP contribution in [0.15, 0.2) is 30.3 Å². The minimum absolute atomic E-state index is 0.100. The van der Waals surface area contributed by atoms with Crippen LogP contribution in [-0.2, 0) is 16.1 Å². The average Bonchev–Trinajstić information content (AvgIpc) is 2.81. The second kappa shape index (κ2) is 5.51. The van der Waals surface area contributed by atoms with Crippen LogP contribution in [0.2, 0.25) is 0 Å². The molecule has 1 amide bonds. The molecule has 1 saturated heterocycles. The second-order valence-corrected chi connectivity index (χ2v) is 3.77. The highest BCUT2D eigenvalue weighted by atomic mass is 16.5. The summed E-state index contributed by atoms with van der Waals surface area (Å²) in [6.45, 7) is 1.60. The van der Waals surface area contributed by atoms with E-state index in [4.69, 9.17) is 9.47 Å². The molecule has 2 rings (SSSR count). The maximum atomic E-state index is 11.4. The van der Waals surface area contributed by atoms with Crippen molar-refractivity contribution in [2.75, 3.05) is 13.2 Å². The Balaban J connectivity index is 1.71. The van der Waals surface area contributed by atoms with Crippen molar-refractivity contribution in [2.24, 2.45) is 0 Å². The van der Waals surface area contributed by atoms with E-state index in [1.165, 1.54) is 0 Å². The molecular formula is C12H15NO3. The highest BCUT2D eigenvalue weighted by Crippen LogP contribution is 2.04. The van der Waals surface area contributed by atoms with Gasteiger partial charge >= 0.3 is 6.09 Å². The van der Waals surface area contributed by atoms with E-state index in [0.717, 1.165) is 12.0 Å². The Morgan fingerprint density at radius 1 is 1.44 bits per heavy atom. The Morgan fingerprint density at radius 3 is 2.94 bits per heavy atom. The quantitative estimate of drug-likeness (QED) is 0.845. The molecule has 0 aliphatic carbocycles. The van der Waals surface area contributed by atoms with Gasteiger partial charge in [-0.25, -0.2) is 4.79 Å². The molecule has 0 spiro atoms. The molecule has 1 N–H and O–H groups in total. The Hall–Kier alpha value is -1.55. The molecule has 0 aromatic heterocycles. The number of rotatable bonds is 3. The van der Waals surface area contributed by atoms with Crippen molar-refractivity contribution in [2.45, 2.75) is 19.1 Å². The maximum Gasteiger partial charge on any atom is 0.407 e. The first-order valence-electron chi connectivity index (χ1n) is 5.39. The lowest BCUT2D eigenvalue weighted by molar-refractivity contribution is 0.132. The average molecular weight is 221 g/mol. The van der Waals surface area contributed by atoms with Crippen molar-refractivity contribution in [3.63, 3.8) is 0 Å². The Bertz CT molecular complexity index is 333. The van der Waals surface area contributed by atoms with E-state index < -0.39 is 0 Å². The van der Waals surface area contributed by atoms with Gasteiger partial charge in [-0.05, 0) is 12.0 Å². The molecule has 1 fully saturated rings. The van der Waals surface area contributed by atoms with Crippen molar-refractivity contribution < 1.29 is 14.3 Å². The first kappa shape index (κ1) is 11.0. The van der Waals surface area contributed by atoms with Gasteiger partial charge in [0.25, 0.3) is 0 Å². The minimum Gasteiger partial charge on any atom is -0.445 e. The molecule has 86 valence electrons. The summed E-state index contributed by atoms with van der Waals surface area (Å²) in [5, 5.41) is 2.76. The van der Waals surface area contributed by atoms with Gasteiger partial charge in [0, 0.05) is 6.61 Å². The van der Waals surface area contributed by atoms with Crippen LogP contribution in [0.4, 0.5) is 4.79 Å². The van der Waals surface area contributed by atoms with Crippen molar-refractivity contribution >= 4 is 6.09 Å². The molecule has 0 unspecified atom stereocenters. The normalized spacial score (nSPS) is 19.4. The second-order valence-electron chi connectivity index (χ2n) is 3.77. The lowest BCUT2D eigenvalue weighted by Gasteiger charge is -2.10. The molecule has 0 radical (unpaired) electrons. The van der Waals surface area contributed by atoms with Gasteiger partial charge in [-0.2, -0.15) is 0 Å². The van der Waals surface area contributed by atoms with E-state index in [0.29, 0.717) is 19.8 Å². The summed E-state index contributed by atoms with van der Waals surface area (Å²) in [7, 11) is 0. The Labute approximate surface area is 94.6 Å². The van der Waals surface area contributed by atoms with Gasteiger partial charge in [0.15, 0.2) is 0 Å². The first-order chi connectivity index (χ1) is 7.84. The fourth-order valence-electron chi connectivity index (χ4n) is 1.58. The monoisotopic (exact) mass is 221 g/mol. The molecule has 0 bridgehead atoms. The Morgan fingerprint density at radius 2 is 2.25 bits per heavy atom. The van der Waals surface area contributed by atoms with Crippen LogP contribution in [-0.4, -0.2) is 25.3 Å². The van der Waals surface area contributed by atoms with Crippen LogP contribution in [0, 0.1) is 0 Å². The summed E-state index contributed by atoms with van der Waals surface area (Å²) < 4.78 is 10.2. The molecule has 4 heteroatoms. The SMILES string of the molecule is O=C(N[C@H]1CCOC1)OCc1ccccc1. The number of nitrogens with one attached hydrogen (secondary N) is 1. The zero-order chi connectivity index (χ0) is 11.2. The van der Waals surface area contributed by atoms with E-state index in [1.807, 2.05) is 30.3 Å². The zero-order valence-electron chi connectivity index (χ0n) is 9.02. The molecule has 0 saturated carbocycles. The van der Waals surface area contributed by atoms with E-state index in [-0.39, 0.29) is 12.1 Å².